The molecule has 1 aromatic heterocycles. The maximum atomic E-state index is 12.5. The topological polar surface area (TPSA) is 86.9 Å². The van der Waals surface area contributed by atoms with E-state index in [1.54, 1.807) is 0 Å². The van der Waals surface area contributed by atoms with Gasteiger partial charge in [-0.25, -0.2) is 13.1 Å². The molecule has 0 amide bonds. The van der Waals surface area contributed by atoms with Crippen molar-refractivity contribution in [2.75, 3.05) is 0 Å². The van der Waals surface area contributed by atoms with Gasteiger partial charge in [-0.1, -0.05) is 20.3 Å². The van der Waals surface area contributed by atoms with Crippen LogP contribution in [0.25, 0.3) is 0 Å². The molecule has 120 valence electrons. The van der Waals surface area contributed by atoms with Gasteiger partial charge in [-0.15, -0.1) is 0 Å². The standard InChI is InChI=1S/C14H26N4O2S/c1-9(2)15-8-13-11(4)16-17-14(13)21(19,20)18-10(3)12-6-5-7-12/h9-10,12,15,18H,5-8H2,1-4H3,(H,16,17). The van der Waals surface area contributed by atoms with Gasteiger partial charge in [0.15, 0.2) is 5.03 Å². The molecule has 2 rings (SSSR count). The zero-order valence-electron chi connectivity index (χ0n) is 13.2. The number of aromatic nitrogens is 2. The van der Waals surface area contributed by atoms with E-state index >= 15 is 0 Å². The molecule has 1 aliphatic carbocycles. The fourth-order valence-corrected chi connectivity index (χ4v) is 4.01. The molecule has 3 N–H and O–H groups in total. The van der Waals surface area contributed by atoms with E-state index in [9.17, 15) is 8.42 Å². The lowest BCUT2D eigenvalue weighted by Crippen LogP contribution is -2.41. The zero-order chi connectivity index (χ0) is 15.6. The molecule has 1 fully saturated rings. The third kappa shape index (κ3) is 3.84. The van der Waals surface area contributed by atoms with Gasteiger partial charge in [0.2, 0.25) is 0 Å². The van der Waals surface area contributed by atoms with E-state index in [1.165, 1.54) is 6.42 Å². The Balaban J connectivity index is 2.15. The maximum absolute atomic E-state index is 12.5. The Morgan fingerprint density at radius 2 is 2.00 bits per heavy atom. The Bertz CT molecular complexity index is 576. The molecule has 0 aliphatic heterocycles. The summed E-state index contributed by atoms with van der Waals surface area (Å²) >= 11 is 0. The van der Waals surface area contributed by atoms with Crippen LogP contribution in [0.3, 0.4) is 0 Å². The Labute approximate surface area is 127 Å². The molecule has 21 heavy (non-hydrogen) atoms. The van der Waals surface area contributed by atoms with Crippen LogP contribution in [0, 0.1) is 12.8 Å². The quantitative estimate of drug-likeness (QED) is 0.714. The smallest absolute Gasteiger partial charge is 0.260 e. The molecule has 0 bridgehead atoms. The molecule has 6 nitrogen and oxygen atoms in total. The van der Waals surface area contributed by atoms with E-state index in [2.05, 4.69) is 20.2 Å². The van der Waals surface area contributed by atoms with Crippen molar-refractivity contribution in [3.8, 4) is 0 Å². The van der Waals surface area contributed by atoms with E-state index in [0.717, 1.165) is 24.1 Å². The molecule has 0 spiro atoms. The summed E-state index contributed by atoms with van der Waals surface area (Å²) in [6, 6.07) is 0.253. The van der Waals surface area contributed by atoms with Gasteiger partial charge in [0.05, 0.1) is 0 Å². The molecule has 1 aromatic rings. The van der Waals surface area contributed by atoms with Crippen molar-refractivity contribution in [3.63, 3.8) is 0 Å². The van der Waals surface area contributed by atoms with E-state index in [0.29, 0.717) is 12.5 Å². The van der Waals surface area contributed by atoms with Gasteiger partial charge >= 0.3 is 0 Å². The summed E-state index contributed by atoms with van der Waals surface area (Å²) in [5.41, 5.74) is 1.51. The van der Waals surface area contributed by atoms with Crippen molar-refractivity contribution in [1.29, 1.82) is 0 Å². The van der Waals surface area contributed by atoms with Crippen molar-refractivity contribution >= 4 is 10.0 Å². The summed E-state index contributed by atoms with van der Waals surface area (Å²) in [7, 11) is -3.57. The van der Waals surface area contributed by atoms with Crippen molar-refractivity contribution in [2.45, 2.75) is 70.6 Å². The molecule has 1 atom stereocenters. The first-order valence-electron chi connectivity index (χ1n) is 7.61. The number of H-pyrrole nitrogens is 1. The van der Waals surface area contributed by atoms with Gasteiger partial charge in [0.25, 0.3) is 10.0 Å². The second kappa shape index (κ2) is 6.46. The molecule has 0 aromatic carbocycles. The second-order valence-electron chi connectivity index (χ2n) is 6.27. The number of sulfonamides is 1. The normalized spacial score (nSPS) is 18.0. The van der Waals surface area contributed by atoms with E-state index in [-0.39, 0.29) is 17.1 Å². The highest BCUT2D eigenvalue weighted by Gasteiger charge is 2.30. The van der Waals surface area contributed by atoms with Crippen LogP contribution in [0.15, 0.2) is 5.03 Å². The number of aryl methyl sites for hydroxylation is 1. The first kappa shape index (κ1) is 16.5. The Hall–Kier alpha value is -0.920. The molecule has 0 saturated heterocycles. The monoisotopic (exact) mass is 314 g/mol. The lowest BCUT2D eigenvalue weighted by atomic mass is 9.81. The summed E-state index contributed by atoms with van der Waals surface area (Å²) < 4.78 is 27.9. The van der Waals surface area contributed by atoms with Crippen LogP contribution in [-0.4, -0.2) is 30.7 Å². The number of aromatic amines is 1. The summed E-state index contributed by atoms with van der Waals surface area (Å²) in [6.45, 7) is 8.33. The highest BCUT2D eigenvalue weighted by molar-refractivity contribution is 7.89. The summed E-state index contributed by atoms with van der Waals surface area (Å²) in [5.74, 6) is 0.456. The van der Waals surface area contributed by atoms with Gasteiger partial charge in [-0.05, 0) is 32.6 Å². The average Bonchev–Trinajstić information content (AvgIpc) is 2.65. The zero-order valence-corrected chi connectivity index (χ0v) is 14.0. The third-order valence-corrected chi connectivity index (χ3v) is 5.70. The third-order valence-electron chi connectivity index (χ3n) is 4.18. The Kier molecular flexibility index (Phi) is 5.06. The van der Waals surface area contributed by atoms with Crippen molar-refractivity contribution < 1.29 is 8.42 Å². The minimum absolute atomic E-state index is 0.0355. The van der Waals surface area contributed by atoms with Gasteiger partial charge in [-0.2, -0.15) is 5.10 Å². The van der Waals surface area contributed by atoms with Crippen molar-refractivity contribution in [1.82, 2.24) is 20.2 Å². The van der Waals surface area contributed by atoms with Crippen LogP contribution < -0.4 is 10.0 Å². The molecular weight excluding hydrogens is 288 g/mol. The summed E-state index contributed by atoms with van der Waals surface area (Å²) in [6.07, 6.45) is 3.40. The molecular formula is C14H26N4O2S. The van der Waals surface area contributed by atoms with Crippen LogP contribution in [-0.2, 0) is 16.6 Å². The Morgan fingerprint density at radius 1 is 1.33 bits per heavy atom. The predicted molar refractivity (Wildman–Crippen MR) is 82.4 cm³/mol. The molecule has 1 saturated carbocycles. The number of nitrogens with zero attached hydrogens (tertiary/aromatic N) is 1. The fourth-order valence-electron chi connectivity index (χ4n) is 2.50. The number of nitrogens with one attached hydrogen (secondary N) is 3. The highest BCUT2D eigenvalue weighted by Crippen LogP contribution is 2.30. The first-order chi connectivity index (χ1) is 9.81. The lowest BCUT2D eigenvalue weighted by Gasteiger charge is -2.31. The van der Waals surface area contributed by atoms with Crippen LogP contribution >= 0.6 is 0 Å². The number of rotatable bonds is 7. The van der Waals surface area contributed by atoms with E-state index in [1.807, 2.05) is 27.7 Å². The SMILES string of the molecule is Cc1[nH]nc(S(=O)(=O)NC(C)C2CCC2)c1CNC(C)C. The van der Waals surface area contributed by atoms with Gasteiger partial charge in [0, 0.05) is 29.9 Å². The summed E-state index contributed by atoms with van der Waals surface area (Å²) in [5, 5.41) is 10.2. The minimum atomic E-state index is -3.57. The Morgan fingerprint density at radius 3 is 2.52 bits per heavy atom. The average molecular weight is 314 g/mol. The van der Waals surface area contributed by atoms with Crippen molar-refractivity contribution in [2.24, 2.45) is 5.92 Å². The van der Waals surface area contributed by atoms with Crippen LogP contribution in [0.1, 0.15) is 51.3 Å². The minimum Gasteiger partial charge on any atom is -0.310 e. The second-order valence-corrected chi connectivity index (χ2v) is 7.90. The largest absolute Gasteiger partial charge is 0.310 e. The maximum Gasteiger partial charge on any atom is 0.260 e. The van der Waals surface area contributed by atoms with E-state index in [4.69, 9.17) is 0 Å². The van der Waals surface area contributed by atoms with Crippen LogP contribution in [0.5, 0.6) is 0 Å². The van der Waals surface area contributed by atoms with E-state index < -0.39 is 10.0 Å². The van der Waals surface area contributed by atoms with Gasteiger partial charge in [0.1, 0.15) is 0 Å². The van der Waals surface area contributed by atoms with Crippen LogP contribution in [0.2, 0.25) is 0 Å². The number of hydrogen-bond donors (Lipinski definition) is 3. The van der Waals surface area contributed by atoms with Gasteiger partial charge in [-0.3, -0.25) is 5.10 Å². The molecule has 0 radical (unpaired) electrons. The highest BCUT2D eigenvalue weighted by atomic mass is 32.2. The fraction of sp³-hybridized carbons (Fsp3) is 0.786. The molecule has 7 heteroatoms. The molecule has 1 unspecified atom stereocenters. The van der Waals surface area contributed by atoms with Crippen LogP contribution in [0.4, 0.5) is 0 Å². The summed E-state index contributed by atoms with van der Waals surface area (Å²) in [4.78, 5) is 0. The predicted octanol–water partition coefficient (Wildman–Crippen LogP) is 1.68. The molecule has 1 aliphatic rings. The number of hydrogen-bond acceptors (Lipinski definition) is 4. The lowest BCUT2D eigenvalue weighted by molar-refractivity contribution is 0.260. The van der Waals surface area contributed by atoms with Gasteiger partial charge < -0.3 is 5.32 Å². The first-order valence-corrected chi connectivity index (χ1v) is 9.09. The van der Waals surface area contributed by atoms with Crippen molar-refractivity contribution in [3.05, 3.63) is 11.3 Å². The molecule has 1 heterocycles.